The number of nitrogens with zero attached hydrogens (tertiary/aromatic N) is 4. The number of aliphatic hydroxyl groups is 2. The van der Waals surface area contributed by atoms with Gasteiger partial charge in [-0.2, -0.15) is 11.8 Å². The van der Waals surface area contributed by atoms with Gasteiger partial charge in [0.05, 0.1) is 5.56 Å². The van der Waals surface area contributed by atoms with Crippen molar-refractivity contribution in [3.8, 4) is 5.69 Å². The molecule has 1 aromatic carbocycles. The van der Waals surface area contributed by atoms with Crippen LogP contribution in [0, 0.1) is 12.1 Å². The second kappa shape index (κ2) is 6.38. The maximum Gasteiger partial charge on any atom is 0.256 e. The van der Waals surface area contributed by atoms with Gasteiger partial charge in [-0.05, 0) is 24.3 Å². The highest BCUT2D eigenvalue weighted by Gasteiger charge is 2.37. The quantitative estimate of drug-likeness (QED) is 0.691. The highest BCUT2D eigenvalue weighted by atomic mass is 32.2. The van der Waals surface area contributed by atoms with Gasteiger partial charge in [0.2, 0.25) is 0 Å². The second-order valence-corrected chi connectivity index (χ2v) is 7.06. The van der Waals surface area contributed by atoms with Crippen LogP contribution >= 0.6 is 11.8 Å². The van der Waals surface area contributed by atoms with Crippen LogP contribution in [0.5, 0.6) is 0 Å². The SMILES string of the molecule is OC(O)(c1ccc(-n2ccc3cn[c]nc32)cc1F)N1CCSCC1. The van der Waals surface area contributed by atoms with Crippen molar-refractivity contribution in [1.29, 1.82) is 0 Å². The van der Waals surface area contributed by atoms with Gasteiger partial charge in [-0.1, -0.05) is 0 Å². The molecule has 0 aliphatic carbocycles. The molecule has 1 saturated heterocycles. The Morgan fingerprint density at radius 2 is 2.00 bits per heavy atom. The lowest BCUT2D eigenvalue weighted by atomic mass is 10.1. The lowest BCUT2D eigenvalue weighted by Crippen LogP contribution is -2.50. The average Bonchev–Trinajstić information content (AvgIpc) is 3.06. The fraction of sp³-hybridized carbons (Fsp3) is 0.294. The Morgan fingerprint density at radius 3 is 2.76 bits per heavy atom. The zero-order valence-corrected chi connectivity index (χ0v) is 14.1. The first-order valence-corrected chi connectivity index (χ1v) is 9.01. The van der Waals surface area contributed by atoms with E-state index < -0.39 is 11.7 Å². The number of halogens is 1. The monoisotopic (exact) mass is 359 g/mol. The van der Waals surface area contributed by atoms with Gasteiger partial charge in [-0.3, -0.25) is 0 Å². The van der Waals surface area contributed by atoms with Crippen LogP contribution in [0.25, 0.3) is 16.7 Å². The van der Waals surface area contributed by atoms with Crippen molar-refractivity contribution in [2.45, 2.75) is 5.91 Å². The molecule has 0 unspecified atom stereocenters. The van der Waals surface area contributed by atoms with Gasteiger partial charge in [0.1, 0.15) is 11.5 Å². The van der Waals surface area contributed by atoms with Gasteiger partial charge in [0.15, 0.2) is 6.33 Å². The van der Waals surface area contributed by atoms with Crippen molar-refractivity contribution >= 4 is 22.8 Å². The molecule has 129 valence electrons. The second-order valence-electron chi connectivity index (χ2n) is 5.83. The highest BCUT2D eigenvalue weighted by Crippen LogP contribution is 2.29. The Morgan fingerprint density at radius 1 is 1.20 bits per heavy atom. The molecular formula is C17H16FN4O2S. The van der Waals surface area contributed by atoms with E-state index in [1.807, 2.05) is 6.07 Å². The van der Waals surface area contributed by atoms with Gasteiger partial charge in [0, 0.05) is 48.1 Å². The third-order valence-corrected chi connectivity index (χ3v) is 5.29. The van der Waals surface area contributed by atoms with Crippen LogP contribution < -0.4 is 0 Å². The molecule has 0 spiro atoms. The van der Waals surface area contributed by atoms with E-state index in [0.29, 0.717) is 24.4 Å². The van der Waals surface area contributed by atoms with Crippen LogP contribution in [0.2, 0.25) is 0 Å². The van der Waals surface area contributed by atoms with Crippen LogP contribution in [0.1, 0.15) is 5.56 Å². The Balaban J connectivity index is 1.71. The zero-order chi connectivity index (χ0) is 17.4. The third kappa shape index (κ3) is 2.91. The molecule has 1 aliphatic rings. The van der Waals surface area contributed by atoms with Crippen molar-refractivity contribution in [1.82, 2.24) is 19.4 Å². The number of hydrogen-bond donors (Lipinski definition) is 2. The number of aromatic nitrogens is 3. The van der Waals surface area contributed by atoms with E-state index >= 15 is 0 Å². The maximum absolute atomic E-state index is 14.7. The predicted molar refractivity (Wildman–Crippen MR) is 92.7 cm³/mol. The lowest BCUT2D eigenvalue weighted by molar-refractivity contribution is -0.274. The fourth-order valence-electron chi connectivity index (χ4n) is 3.01. The normalized spacial score (nSPS) is 16.4. The van der Waals surface area contributed by atoms with Crippen LogP contribution in [-0.4, -0.2) is 54.2 Å². The van der Waals surface area contributed by atoms with Crippen LogP contribution in [-0.2, 0) is 5.91 Å². The molecular weight excluding hydrogens is 343 g/mol. The van der Waals surface area contributed by atoms with Crippen molar-refractivity contribution in [3.05, 3.63) is 54.4 Å². The van der Waals surface area contributed by atoms with Gasteiger partial charge in [-0.15, -0.1) is 0 Å². The van der Waals surface area contributed by atoms with Crippen LogP contribution in [0.4, 0.5) is 4.39 Å². The van der Waals surface area contributed by atoms with Crippen molar-refractivity contribution in [3.63, 3.8) is 0 Å². The average molecular weight is 359 g/mol. The summed E-state index contributed by atoms with van der Waals surface area (Å²) in [6, 6.07) is 6.14. The molecule has 0 atom stereocenters. The van der Waals surface area contributed by atoms with E-state index in [4.69, 9.17) is 0 Å². The Kier molecular flexibility index (Phi) is 4.20. The van der Waals surface area contributed by atoms with Crippen molar-refractivity contribution in [2.24, 2.45) is 0 Å². The fourth-order valence-corrected chi connectivity index (χ4v) is 3.92. The van der Waals surface area contributed by atoms with Gasteiger partial charge < -0.3 is 14.8 Å². The highest BCUT2D eigenvalue weighted by molar-refractivity contribution is 7.99. The van der Waals surface area contributed by atoms with Gasteiger partial charge in [0.25, 0.3) is 5.91 Å². The molecule has 1 radical (unpaired) electrons. The van der Waals surface area contributed by atoms with Crippen molar-refractivity contribution in [2.75, 3.05) is 24.6 Å². The largest absolute Gasteiger partial charge is 0.349 e. The minimum absolute atomic E-state index is 0.152. The van der Waals surface area contributed by atoms with Crippen molar-refractivity contribution < 1.29 is 14.6 Å². The topological polar surface area (TPSA) is 74.4 Å². The predicted octanol–water partition coefficient (Wildman–Crippen LogP) is 1.50. The smallest absolute Gasteiger partial charge is 0.256 e. The number of hydrogen-bond acceptors (Lipinski definition) is 6. The standard InChI is InChI=1S/C17H16FN4O2S/c18-15-9-13(22-4-3-12-10-19-11-20-16(12)22)1-2-14(15)17(23,24)21-5-7-25-8-6-21/h1-4,9-10,23-24H,5-8H2. The van der Waals surface area contributed by atoms with Gasteiger partial charge in [-0.25, -0.2) is 19.3 Å². The summed E-state index contributed by atoms with van der Waals surface area (Å²) in [4.78, 5) is 9.41. The lowest BCUT2D eigenvalue weighted by Gasteiger charge is -2.37. The minimum atomic E-state index is -2.32. The van der Waals surface area contributed by atoms with E-state index in [-0.39, 0.29) is 5.56 Å². The molecule has 4 rings (SSSR count). The van der Waals surface area contributed by atoms with Crippen LogP contribution in [0.3, 0.4) is 0 Å². The summed E-state index contributed by atoms with van der Waals surface area (Å²) in [5, 5.41) is 21.8. The molecule has 2 aromatic heterocycles. The molecule has 0 saturated carbocycles. The summed E-state index contributed by atoms with van der Waals surface area (Å²) in [7, 11) is 0. The summed E-state index contributed by atoms with van der Waals surface area (Å²) in [6.07, 6.45) is 5.91. The molecule has 3 aromatic rings. The minimum Gasteiger partial charge on any atom is -0.349 e. The van der Waals surface area contributed by atoms with E-state index in [0.717, 1.165) is 16.9 Å². The molecule has 25 heavy (non-hydrogen) atoms. The third-order valence-electron chi connectivity index (χ3n) is 4.35. The molecule has 0 amide bonds. The van der Waals surface area contributed by atoms with E-state index in [1.54, 1.807) is 34.8 Å². The summed E-state index contributed by atoms with van der Waals surface area (Å²) in [5.74, 6) is -1.43. The molecule has 2 N–H and O–H groups in total. The summed E-state index contributed by atoms with van der Waals surface area (Å²) < 4.78 is 16.4. The first-order valence-electron chi connectivity index (χ1n) is 7.85. The molecule has 6 nitrogen and oxygen atoms in total. The summed E-state index contributed by atoms with van der Waals surface area (Å²) in [6.45, 7) is 0.988. The Labute approximate surface area is 147 Å². The van der Waals surface area contributed by atoms with E-state index in [9.17, 15) is 14.6 Å². The molecule has 1 fully saturated rings. The number of thioether (sulfide) groups is 1. The Hall–Kier alpha value is -2.00. The molecule has 3 heterocycles. The number of fused-ring (bicyclic) bond motifs is 1. The van der Waals surface area contributed by atoms with Gasteiger partial charge >= 0.3 is 0 Å². The Bertz CT molecular complexity index is 909. The van der Waals surface area contributed by atoms with E-state index in [2.05, 4.69) is 16.3 Å². The molecule has 0 bridgehead atoms. The summed E-state index contributed by atoms with van der Waals surface area (Å²) in [5.41, 5.74) is 0.989. The summed E-state index contributed by atoms with van der Waals surface area (Å²) >= 11 is 1.74. The molecule has 8 heteroatoms. The maximum atomic E-state index is 14.7. The number of rotatable bonds is 3. The first-order chi connectivity index (χ1) is 12.1. The van der Waals surface area contributed by atoms with E-state index in [1.165, 1.54) is 17.0 Å². The molecule has 1 aliphatic heterocycles. The van der Waals surface area contributed by atoms with Crippen LogP contribution in [0.15, 0.2) is 36.7 Å². The zero-order valence-electron chi connectivity index (χ0n) is 13.3. The first kappa shape index (κ1) is 16.5. The number of benzene rings is 1.